The Bertz CT molecular complexity index is 1070. The number of nitrogens with one attached hydrogen (secondary N) is 1. The van der Waals surface area contributed by atoms with Crippen LogP contribution in [0.3, 0.4) is 0 Å². The number of aromatic nitrogens is 3. The molecule has 0 spiro atoms. The first-order valence-corrected chi connectivity index (χ1v) is 9.37. The van der Waals surface area contributed by atoms with E-state index in [0.717, 1.165) is 25.1 Å². The summed E-state index contributed by atoms with van der Waals surface area (Å²) in [6, 6.07) is 7.43. The van der Waals surface area contributed by atoms with Gasteiger partial charge in [0.05, 0.1) is 25.1 Å². The lowest BCUT2D eigenvalue weighted by Crippen LogP contribution is -2.31. The second-order valence-electron chi connectivity index (χ2n) is 6.90. The fourth-order valence-electron chi connectivity index (χ4n) is 3.36. The van der Waals surface area contributed by atoms with Crippen molar-refractivity contribution in [3.8, 4) is 17.0 Å². The van der Waals surface area contributed by atoms with Crippen molar-refractivity contribution in [2.24, 2.45) is 0 Å². The molecule has 0 unspecified atom stereocenters. The maximum absolute atomic E-state index is 13.7. The summed E-state index contributed by atoms with van der Waals surface area (Å²) in [5, 5.41) is 6.47. The van der Waals surface area contributed by atoms with Gasteiger partial charge in [-0.2, -0.15) is 18.3 Å². The van der Waals surface area contributed by atoms with Crippen LogP contribution in [-0.2, 0) is 10.9 Å². The first kappa shape index (κ1) is 20.1. The van der Waals surface area contributed by atoms with E-state index in [1.165, 1.54) is 7.11 Å². The molecule has 1 N–H and O–H groups in total. The fraction of sp³-hybridized carbons (Fsp3) is 0.350. The Hall–Kier alpha value is -3.14. The number of hydrogen-bond donors (Lipinski definition) is 1. The first-order chi connectivity index (χ1) is 14.4. The minimum Gasteiger partial charge on any atom is -0.497 e. The molecule has 1 atom stereocenters. The maximum atomic E-state index is 13.7. The molecule has 0 saturated carbocycles. The van der Waals surface area contributed by atoms with Gasteiger partial charge in [0.2, 0.25) is 0 Å². The van der Waals surface area contributed by atoms with Gasteiger partial charge in [0.25, 0.3) is 5.91 Å². The van der Waals surface area contributed by atoms with Crippen LogP contribution >= 0.6 is 0 Å². The van der Waals surface area contributed by atoms with Crippen LogP contribution in [0.1, 0.15) is 28.9 Å². The summed E-state index contributed by atoms with van der Waals surface area (Å²) in [5.41, 5.74) is -0.754. The van der Waals surface area contributed by atoms with Crippen LogP contribution in [0.5, 0.6) is 5.75 Å². The number of carbonyl (C=O) groups excluding carboxylic acids is 1. The van der Waals surface area contributed by atoms with Crippen molar-refractivity contribution in [3.63, 3.8) is 0 Å². The summed E-state index contributed by atoms with van der Waals surface area (Å²) in [7, 11) is 1.46. The number of rotatable bonds is 5. The zero-order valence-electron chi connectivity index (χ0n) is 16.1. The minimum absolute atomic E-state index is 0.0387. The average molecular weight is 420 g/mol. The number of carbonyl (C=O) groups is 1. The minimum atomic E-state index is -4.69. The Labute approximate surface area is 169 Å². The molecule has 7 nitrogen and oxygen atoms in total. The van der Waals surface area contributed by atoms with Gasteiger partial charge in [-0.25, -0.2) is 9.50 Å². The van der Waals surface area contributed by atoms with Crippen molar-refractivity contribution >= 4 is 11.6 Å². The summed E-state index contributed by atoms with van der Waals surface area (Å²) >= 11 is 0. The molecule has 1 amide bonds. The van der Waals surface area contributed by atoms with Crippen LogP contribution in [0.4, 0.5) is 13.2 Å². The third kappa shape index (κ3) is 3.95. The molecule has 1 aliphatic rings. The second-order valence-corrected chi connectivity index (χ2v) is 6.90. The SMILES string of the molecule is COc1cccc(-c2cc(C(F)(F)F)n3ncc(C(=O)NC[C@H]4CCCO4)c3n2)c1. The molecule has 10 heteroatoms. The van der Waals surface area contributed by atoms with E-state index >= 15 is 0 Å². The summed E-state index contributed by atoms with van der Waals surface area (Å²) in [6.07, 6.45) is -1.95. The van der Waals surface area contributed by atoms with E-state index in [-0.39, 0.29) is 29.6 Å². The molecule has 158 valence electrons. The van der Waals surface area contributed by atoms with E-state index in [1.54, 1.807) is 24.3 Å². The molecule has 30 heavy (non-hydrogen) atoms. The third-order valence-electron chi connectivity index (χ3n) is 4.89. The van der Waals surface area contributed by atoms with Gasteiger partial charge in [0.15, 0.2) is 11.3 Å². The van der Waals surface area contributed by atoms with E-state index in [0.29, 0.717) is 22.4 Å². The zero-order chi connectivity index (χ0) is 21.3. The van der Waals surface area contributed by atoms with Gasteiger partial charge in [0, 0.05) is 18.7 Å². The Morgan fingerprint density at radius 2 is 2.20 bits per heavy atom. The predicted octanol–water partition coefficient (Wildman–Crippen LogP) is 3.33. The molecular weight excluding hydrogens is 401 g/mol. The lowest BCUT2D eigenvalue weighted by Gasteiger charge is -2.13. The monoisotopic (exact) mass is 420 g/mol. The highest BCUT2D eigenvalue weighted by atomic mass is 19.4. The van der Waals surface area contributed by atoms with Gasteiger partial charge in [-0.15, -0.1) is 0 Å². The molecule has 0 bridgehead atoms. The van der Waals surface area contributed by atoms with Crippen molar-refractivity contribution in [2.45, 2.75) is 25.1 Å². The summed E-state index contributed by atoms with van der Waals surface area (Å²) < 4.78 is 52.3. The Kier molecular flexibility index (Phi) is 5.33. The van der Waals surface area contributed by atoms with Gasteiger partial charge >= 0.3 is 6.18 Å². The average Bonchev–Trinajstić information content (AvgIpc) is 3.40. The summed E-state index contributed by atoms with van der Waals surface area (Å²) in [6.45, 7) is 0.912. The van der Waals surface area contributed by atoms with E-state index in [2.05, 4.69) is 15.4 Å². The Morgan fingerprint density at radius 3 is 2.90 bits per heavy atom. The summed E-state index contributed by atoms with van der Waals surface area (Å²) in [4.78, 5) is 16.9. The zero-order valence-corrected chi connectivity index (χ0v) is 16.1. The van der Waals surface area contributed by atoms with E-state index in [4.69, 9.17) is 9.47 Å². The molecule has 1 aromatic carbocycles. The number of ether oxygens (including phenoxy) is 2. The predicted molar refractivity (Wildman–Crippen MR) is 101 cm³/mol. The molecule has 2 aromatic heterocycles. The molecule has 4 rings (SSSR count). The van der Waals surface area contributed by atoms with E-state index in [9.17, 15) is 18.0 Å². The lowest BCUT2D eigenvalue weighted by molar-refractivity contribution is -0.142. The smallest absolute Gasteiger partial charge is 0.433 e. The molecular formula is C20H19F3N4O3. The van der Waals surface area contributed by atoms with E-state index in [1.807, 2.05) is 0 Å². The van der Waals surface area contributed by atoms with Gasteiger partial charge in [-0.1, -0.05) is 12.1 Å². The number of amides is 1. The van der Waals surface area contributed by atoms with Crippen molar-refractivity contribution in [3.05, 3.63) is 47.8 Å². The number of fused-ring (bicyclic) bond motifs is 1. The number of hydrogen-bond acceptors (Lipinski definition) is 5. The number of halogens is 3. The van der Waals surface area contributed by atoms with Crippen molar-refractivity contribution in [1.82, 2.24) is 19.9 Å². The summed E-state index contributed by atoms with van der Waals surface area (Å²) in [5.74, 6) is -0.0744. The molecule has 0 aliphatic carbocycles. The second kappa shape index (κ2) is 7.94. The number of alkyl halides is 3. The normalized spacial score (nSPS) is 16.7. The van der Waals surface area contributed by atoms with E-state index < -0.39 is 17.8 Å². The highest BCUT2D eigenvalue weighted by molar-refractivity contribution is 5.99. The van der Waals surface area contributed by atoms with Gasteiger partial charge in [-0.3, -0.25) is 4.79 Å². The fourth-order valence-corrected chi connectivity index (χ4v) is 3.36. The van der Waals surface area contributed by atoms with Crippen LogP contribution in [0, 0.1) is 0 Å². The van der Waals surface area contributed by atoms with Crippen molar-refractivity contribution in [1.29, 1.82) is 0 Å². The van der Waals surface area contributed by atoms with Crippen LogP contribution in [0.2, 0.25) is 0 Å². The first-order valence-electron chi connectivity index (χ1n) is 9.37. The van der Waals surface area contributed by atoms with Crippen LogP contribution in [0.25, 0.3) is 16.9 Å². The Morgan fingerprint density at radius 1 is 1.37 bits per heavy atom. The lowest BCUT2D eigenvalue weighted by atomic mass is 10.1. The molecule has 1 saturated heterocycles. The molecule has 3 heterocycles. The van der Waals surface area contributed by atoms with Gasteiger partial charge in [-0.05, 0) is 31.0 Å². The molecule has 3 aromatic rings. The number of benzene rings is 1. The molecule has 0 radical (unpaired) electrons. The Balaban J connectivity index is 1.76. The third-order valence-corrected chi connectivity index (χ3v) is 4.89. The van der Waals surface area contributed by atoms with Gasteiger partial charge < -0.3 is 14.8 Å². The van der Waals surface area contributed by atoms with Crippen molar-refractivity contribution < 1.29 is 27.4 Å². The largest absolute Gasteiger partial charge is 0.497 e. The van der Waals surface area contributed by atoms with Gasteiger partial charge in [0.1, 0.15) is 11.3 Å². The van der Waals surface area contributed by atoms with Crippen LogP contribution < -0.4 is 10.1 Å². The van der Waals surface area contributed by atoms with Crippen molar-refractivity contribution in [2.75, 3.05) is 20.3 Å². The maximum Gasteiger partial charge on any atom is 0.433 e. The topological polar surface area (TPSA) is 77.8 Å². The van der Waals surface area contributed by atoms with Crippen LogP contribution in [-0.4, -0.2) is 46.9 Å². The standard InChI is InChI=1S/C20H19F3N4O3/c1-29-13-5-2-4-12(8-13)16-9-17(20(21,22)23)27-18(26-16)15(11-25-27)19(28)24-10-14-6-3-7-30-14/h2,4-5,8-9,11,14H,3,6-7,10H2,1H3,(H,24,28)/t14-/m1/s1. The number of nitrogens with zero attached hydrogens (tertiary/aromatic N) is 3. The quantitative estimate of drug-likeness (QED) is 0.685. The van der Waals surface area contributed by atoms with Crippen LogP contribution in [0.15, 0.2) is 36.5 Å². The highest BCUT2D eigenvalue weighted by Gasteiger charge is 2.36. The molecule has 1 aliphatic heterocycles. The highest BCUT2D eigenvalue weighted by Crippen LogP contribution is 2.33. The number of methoxy groups -OCH3 is 1. The molecule has 1 fully saturated rings.